The molecule has 1 amide bonds. The summed E-state index contributed by atoms with van der Waals surface area (Å²) >= 11 is 0. The lowest BCUT2D eigenvalue weighted by Gasteiger charge is -2.39. The van der Waals surface area contributed by atoms with Gasteiger partial charge in [-0.25, -0.2) is 0 Å². The Morgan fingerprint density at radius 2 is 1.89 bits per heavy atom. The van der Waals surface area contributed by atoms with E-state index >= 15 is 0 Å². The molecule has 0 bridgehead atoms. The predicted molar refractivity (Wildman–Crippen MR) is 74.4 cm³/mol. The summed E-state index contributed by atoms with van der Waals surface area (Å²) in [6.07, 6.45) is 0.424. The second kappa shape index (κ2) is 7.71. The van der Waals surface area contributed by atoms with Crippen molar-refractivity contribution in [2.24, 2.45) is 11.7 Å². The minimum atomic E-state index is 0.0669. The molecule has 0 aromatic carbocycles. The fourth-order valence-corrected chi connectivity index (χ4v) is 2.38. The molecule has 1 saturated heterocycles. The van der Waals surface area contributed by atoms with Gasteiger partial charge in [0.1, 0.15) is 0 Å². The molecule has 5 heteroatoms. The largest absolute Gasteiger partial charge is 0.354 e. The van der Waals surface area contributed by atoms with E-state index in [1.165, 1.54) is 0 Å². The molecule has 0 aliphatic carbocycles. The summed E-state index contributed by atoms with van der Waals surface area (Å²) in [4.78, 5) is 16.3. The van der Waals surface area contributed by atoms with Gasteiger partial charge in [-0.3, -0.25) is 9.69 Å². The van der Waals surface area contributed by atoms with Crippen LogP contribution < -0.4 is 11.1 Å². The van der Waals surface area contributed by atoms with Crippen molar-refractivity contribution in [1.29, 1.82) is 0 Å². The summed E-state index contributed by atoms with van der Waals surface area (Å²) in [5.74, 6) is 0.615. The lowest BCUT2D eigenvalue weighted by atomic mass is 10.0. The van der Waals surface area contributed by atoms with E-state index in [0.29, 0.717) is 24.9 Å². The Morgan fingerprint density at radius 3 is 2.39 bits per heavy atom. The van der Waals surface area contributed by atoms with Crippen LogP contribution >= 0.6 is 0 Å². The topological polar surface area (TPSA) is 61.6 Å². The molecule has 3 N–H and O–H groups in total. The van der Waals surface area contributed by atoms with Crippen molar-refractivity contribution in [1.82, 2.24) is 15.1 Å². The van der Waals surface area contributed by atoms with E-state index in [4.69, 9.17) is 5.73 Å². The third-order valence-corrected chi connectivity index (χ3v) is 3.66. The molecule has 1 heterocycles. The summed E-state index contributed by atoms with van der Waals surface area (Å²) in [5, 5.41) is 3.00. The lowest BCUT2D eigenvalue weighted by molar-refractivity contribution is -0.121. The van der Waals surface area contributed by atoms with E-state index < -0.39 is 0 Å². The normalized spacial score (nSPS) is 20.1. The Bertz CT molecular complexity index is 249. The maximum atomic E-state index is 11.5. The number of hydrogen-bond donors (Lipinski definition) is 2. The van der Waals surface area contributed by atoms with Crippen LogP contribution in [0.4, 0.5) is 0 Å². The highest BCUT2D eigenvalue weighted by Gasteiger charge is 2.25. The molecule has 18 heavy (non-hydrogen) atoms. The van der Waals surface area contributed by atoms with Crippen molar-refractivity contribution in [3.8, 4) is 0 Å². The van der Waals surface area contributed by atoms with Crippen molar-refractivity contribution < 1.29 is 4.79 Å². The first kappa shape index (κ1) is 15.4. The van der Waals surface area contributed by atoms with Gasteiger partial charge in [-0.05, 0) is 13.0 Å². The second-order valence-electron chi connectivity index (χ2n) is 5.49. The van der Waals surface area contributed by atoms with Gasteiger partial charge in [-0.15, -0.1) is 0 Å². The third-order valence-electron chi connectivity index (χ3n) is 3.66. The van der Waals surface area contributed by atoms with Crippen LogP contribution in [0.1, 0.15) is 20.3 Å². The molecule has 1 unspecified atom stereocenters. The first-order valence-electron chi connectivity index (χ1n) is 6.94. The van der Waals surface area contributed by atoms with Crippen LogP contribution in [0.5, 0.6) is 0 Å². The maximum Gasteiger partial charge on any atom is 0.221 e. The monoisotopic (exact) mass is 256 g/mol. The Morgan fingerprint density at radius 1 is 1.28 bits per heavy atom. The van der Waals surface area contributed by atoms with Crippen LogP contribution in [0.3, 0.4) is 0 Å². The third kappa shape index (κ3) is 4.92. The minimum absolute atomic E-state index is 0.0669. The number of likely N-dealkylation sites (N-methyl/N-ethyl adjacent to an activating group) is 1. The SMILES string of the molecule is CC(C)C(CNC(=O)CCN)N1CCN(C)CC1. The molecule has 1 fully saturated rings. The van der Waals surface area contributed by atoms with Gasteiger partial charge in [-0.2, -0.15) is 0 Å². The Balaban J connectivity index is 2.42. The highest BCUT2D eigenvalue weighted by Crippen LogP contribution is 2.12. The van der Waals surface area contributed by atoms with Gasteiger partial charge >= 0.3 is 0 Å². The molecule has 1 rings (SSSR count). The average Bonchev–Trinajstić information content (AvgIpc) is 2.31. The van der Waals surface area contributed by atoms with Gasteiger partial charge < -0.3 is 16.0 Å². The van der Waals surface area contributed by atoms with Crippen LogP contribution in [-0.4, -0.2) is 68.1 Å². The molecule has 5 nitrogen and oxygen atoms in total. The van der Waals surface area contributed by atoms with Crippen molar-refractivity contribution >= 4 is 5.91 Å². The number of piperazine rings is 1. The fraction of sp³-hybridized carbons (Fsp3) is 0.923. The molecule has 0 spiro atoms. The molecule has 0 aromatic heterocycles. The summed E-state index contributed by atoms with van der Waals surface area (Å²) in [7, 11) is 2.16. The highest BCUT2D eigenvalue weighted by molar-refractivity contribution is 5.76. The van der Waals surface area contributed by atoms with E-state index in [-0.39, 0.29) is 5.91 Å². The molecule has 0 aromatic rings. The smallest absolute Gasteiger partial charge is 0.221 e. The number of nitrogens with zero attached hydrogens (tertiary/aromatic N) is 2. The zero-order valence-electron chi connectivity index (χ0n) is 12.0. The zero-order chi connectivity index (χ0) is 13.5. The fourth-order valence-electron chi connectivity index (χ4n) is 2.38. The molecule has 1 atom stereocenters. The maximum absolute atomic E-state index is 11.5. The van der Waals surface area contributed by atoms with E-state index in [0.717, 1.165) is 32.7 Å². The van der Waals surface area contributed by atoms with Crippen LogP contribution in [0, 0.1) is 5.92 Å². The second-order valence-corrected chi connectivity index (χ2v) is 5.49. The summed E-state index contributed by atoms with van der Waals surface area (Å²) in [5.41, 5.74) is 5.38. The molecule has 106 valence electrons. The van der Waals surface area contributed by atoms with Crippen LogP contribution in [0.25, 0.3) is 0 Å². The first-order valence-corrected chi connectivity index (χ1v) is 6.94. The van der Waals surface area contributed by atoms with Crippen molar-refractivity contribution in [3.63, 3.8) is 0 Å². The highest BCUT2D eigenvalue weighted by atomic mass is 16.1. The number of carbonyl (C=O) groups is 1. The Kier molecular flexibility index (Phi) is 6.60. The zero-order valence-corrected chi connectivity index (χ0v) is 12.0. The van der Waals surface area contributed by atoms with Gasteiger partial charge in [0.25, 0.3) is 0 Å². The molecule has 1 aliphatic heterocycles. The minimum Gasteiger partial charge on any atom is -0.354 e. The molecule has 0 saturated carbocycles. The molecule has 1 aliphatic rings. The summed E-state index contributed by atoms with van der Waals surface area (Å²) in [6, 6.07) is 0.431. The van der Waals surface area contributed by atoms with Gasteiger partial charge in [0, 0.05) is 51.7 Å². The molecular formula is C13H28N4O. The number of rotatable bonds is 6. The van der Waals surface area contributed by atoms with Crippen LogP contribution in [0.2, 0.25) is 0 Å². The predicted octanol–water partition coefficient (Wildman–Crippen LogP) is -0.277. The van der Waals surface area contributed by atoms with E-state index in [1.54, 1.807) is 0 Å². The summed E-state index contributed by atoms with van der Waals surface area (Å²) < 4.78 is 0. The number of nitrogens with one attached hydrogen (secondary N) is 1. The molecule has 0 radical (unpaired) electrons. The standard InChI is InChI=1S/C13H28N4O/c1-11(2)12(10-15-13(18)4-5-14)17-8-6-16(3)7-9-17/h11-12H,4-10,14H2,1-3H3,(H,15,18). The van der Waals surface area contributed by atoms with Gasteiger partial charge in [0.2, 0.25) is 5.91 Å². The average molecular weight is 256 g/mol. The number of nitrogens with two attached hydrogens (primary N) is 1. The Hall–Kier alpha value is -0.650. The number of amides is 1. The molecular weight excluding hydrogens is 228 g/mol. The summed E-state index contributed by atoms with van der Waals surface area (Å²) in [6.45, 7) is 10.0. The van der Waals surface area contributed by atoms with Crippen molar-refractivity contribution in [2.45, 2.75) is 26.3 Å². The van der Waals surface area contributed by atoms with Crippen LogP contribution in [-0.2, 0) is 4.79 Å². The van der Waals surface area contributed by atoms with E-state index in [2.05, 4.69) is 36.0 Å². The van der Waals surface area contributed by atoms with Gasteiger partial charge in [0.05, 0.1) is 0 Å². The first-order chi connectivity index (χ1) is 8.54. The van der Waals surface area contributed by atoms with Crippen molar-refractivity contribution in [2.75, 3.05) is 46.3 Å². The quantitative estimate of drug-likeness (QED) is 0.686. The van der Waals surface area contributed by atoms with E-state index in [1.807, 2.05) is 0 Å². The Labute approximate surface area is 111 Å². The number of carbonyl (C=O) groups excluding carboxylic acids is 1. The number of hydrogen-bond acceptors (Lipinski definition) is 4. The van der Waals surface area contributed by atoms with Gasteiger partial charge in [-0.1, -0.05) is 13.8 Å². The van der Waals surface area contributed by atoms with E-state index in [9.17, 15) is 4.79 Å². The lowest BCUT2D eigenvalue weighted by Crippen LogP contribution is -2.54. The van der Waals surface area contributed by atoms with Crippen molar-refractivity contribution in [3.05, 3.63) is 0 Å². The van der Waals surface area contributed by atoms with Crippen LogP contribution in [0.15, 0.2) is 0 Å². The van der Waals surface area contributed by atoms with Gasteiger partial charge in [0.15, 0.2) is 0 Å².